The number of carboxylic acid groups (broad SMARTS) is 1. The predicted molar refractivity (Wildman–Crippen MR) is 75.2 cm³/mol. The molecule has 112 valence electrons. The van der Waals surface area contributed by atoms with Gasteiger partial charge >= 0.3 is 5.97 Å². The summed E-state index contributed by atoms with van der Waals surface area (Å²) < 4.78 is 28.6. The Hall–Kier alpha value is -1.45. The van der Waals surface area contributed by atoms with Gasteiger partial charge in [-0.05, 0) is 42.9 Å². The largest absolute Gasteiger partial charge is 0.481 e. The molecule has 0 saturated carbocycles. The van der Waals surface area contributed by atoms with Crippen LogP contribution >= 0.6 is 0 Å². The SMILES string of the molecule is CCc1ccc(CC)c(C(F)(F)CCCCC(=O)O)c1. The number of alkyl halides is 2. The molecule has 0 heterocycles. The highest BCUT2D eigenvalue weighted by Crippen LogP contribution is 2.36. The van der Waals surface area contributed by atoms with E-state index in [9.17, 15) is 13.6 Å². The Balaban J connectivity index is 2.81. The summed E-state index contributed by atoms with van der Waals surface area (Å²) in [5, 5.41) is 8.52. The molecule has 0 atom stereocenters. The number of rotatable bonds is 8. The van der Waals surface area contributed by atoms with E-state index < -0.39 is 11.9 Å². The number of benzene rings is 1. The summed E-state index contributed by atoms with van der Waals surface area (Å²) in [6.07, 6.45) is 1.47. The van der Waals surface area contributed by atoms with Crippen LogP contribution in [0.4, 0.5) is 8.78 Å². The zero-order chi connectivity index (χ0) is 15.2. The van der Waals surface area contributed by atoms with Gasteiger partial charge in [0.15, 0.2) is 0 Å². The van der Waals surface area contributed by atoms with E-state index in [-0.39, 0.29) is 24.8 Å². The third kappa shape index (κ3) is 4.58. The van der Waals surface area contributed by atoms with Crippen molar-refractivity contribution in [1.29, 1.82) is 0 Å². The van der Waals surface area contributed by atoms with Crippen molar-refractivity contribution in [3.63, 3.8) is 0 Å². The number of aliphatic carboxylic acids is 1. The van der Waals surface area contributed by atoms with E-state index in [2.05, 4.69) is 0 Å². The molecule has 0 aliphatic heterocycles. The van der Waals surface area contributed by atoms with Crippen molar-refractivity contribution >= 4 is 5.97 Å². The number of aryl methyl sites for hydroxylation is 2. The van der Waals surface area contributed by atoms with Crippen molar-refractivity contribution in [2.45, 2.75) is 58.3 Å². The van der Waals surface area contributed by atoms with Crippen LogP contribution in [-0.2, 0) is 23.6 Å². The molecule has 0 fully saturated rings. The Bertz CT molecular complexity index is 456. The summed E-state index contributed by atoms with van der Waals surface area (Å²) in [5.41, 5.74) is 1.68. The molecule has 4 heteroatoms. The van der Waals surface area contributed by atoms with Gasteiger partial charge in [0.25, 0.3) is 5.92 Å². The van der Waals surface area contributed by atoms with Crippen molar-refractivity contribution in [3.8, 4) is 0 Å². The smallest absolute Gasteiger partial charge is 0.303 e. The second-order valence-corrected chi connectivity index (χ2v) is 5.00. The van der Waals surface area contributed by atoms with Crippen molar-refractivity contribution in [2.24, 2.45) is 0 Å². The zero-order valence-electron chi connectivity index (χ0n) is 12.1. The average Bonchev–Trinajstić information content (AvgIpc) is 2.42. The Morgan fingerprint density at radius 2 is 1.90 bits per heavy atom. The molecule has 2 nitrogen and oxygen atoms in total. The maximum atomic E-state index is 14.3. The Kier molecular flexibility index (Phi) is 6.11. The van der Waals surface area contributed by atoms with Crippen LogP contribution in [0.1, 0.15) is 56.2 Å². The minimum atomic E-state index is -2.88. The highest BCUT2D eigenvalue weighted by atomic mass is 19.3. The molecule has 1 aromatic rings. The molecule has 0 aromatic heterocycles. The highest BCUT2D eigenvalue weighted by Gasteiger charge is 2.33. The summed E-state index contributed by atoms with van der Waals surface area (Å²) in [4.78, 5) is 10.4. The summed E-state index contributed by atoms with van der Waals surface area (Å²) in [6, 6.07) is 5.26. The minimum Gasteiger partial charge on any atom is -0.481 e. The molecule has 0 spiro atoms. The zero-order valence-corrected chi connectivity index (χ0v) is 12.1. The van der Waals surface area contributed by atoms with Gasteiger partial charge in [0.1, 0.15) is 0 Å². The van der Waals surface area contributed by atoms with Gasteiger partial charge in [-0.25, -0.2) is 8.78 Å². The van der Waals surface area contributed by atoms with Crippen LogP contribution in [-0.4, -0.2) is 11.1 Å². The predicted octanol–water partition coefficient (Wildman–Crippen LogP) is 4.55. The summed E-state index contributed by atoms with van der Waals surface area (Å²) in [7, 11) is 0. The lowest BCUT2D eigenvalue weighted by Gasteiger charge is -2.20. The van der Waals surface area contributed by atoms with Crippen LogP contribution in [0.5, 0.6) is 0 Å². The number of unbranched alkanes of at least 4 members (excludes halogenated alkanes) is 1. The molecule has 0 aliphatic rings. The van der Waals surface area contributed by atoms with E-state index in [1.54, 1.807) is 12.1 Å². The first-order chi connectivity index (χ1) is 9.40. The van der Waals surface area contributed by atoms with Crippen molar-refractivity contribution in [2.75, 3.05) is 0 Å². The van der Waals surface area contributed by atoms with Gasteiger partial charge in [-0.3, -0.25) is 4.79 Å². The standard InChI is InChI=1S/C16H22F2O2/c1-3-12-8-9-13(4-2)14(11-12)16(17,18)10-6-5-7-15(19)20/h8-9,11H,3-7,10H2,1-2H3,(H,19,20). The van der Waals surface area contributed by atoms with Crippen LogP contribution in [0.3, 0.4) is 0 Å². The second kappa shape index (κ2) is 7.36. The molecule has 0 saturated heterocycles. The third-order valence-electron chi connectivity index (χ3n) is 3.49. The molecule has 0 amide bonds. The van der Waals surface area contributed by atoms with Gasteiger partial charge in [0, 0.05) is 18.4 Å². The Morgan fingerprint density at radius 3 is 2.45 bits per heavy atom. The second-order valence-electron chi connectivity index (χ2n) is 5.00. The number of halogens is 2. The molecule has 1 N–H and O–H groups in total. The van der Waals surface area contributed by atoms with Crippen molar-refractivity contribution in [1.82, 2.24) is 0 Å². The fourth-order valence-electron chi connectivity index (χ4n) is 2.25. The maximum Gasteiger partial charge on any atom is 0.303 e. The normalized spacial score (nSPS) is 11.6. The molecule has 0 radical (unpaired) electrons. The molecule has 1 rings (SSSR count). The van der Waals surface area contributed by atoms with E-state index in [4.69, 9.17) is 5.11 Å². The Morgan fingerprint density at radius 1 is 1.20 bits per heavy atom. The van der Waals surface area contributed by atoms with Gasteiger partial charge in [0.2, 0.25) is 0 Å². The first kappa shape index (κ1) is 16.6. The lowest BCUT2D eigenvalue weighted by Crippen LogP contribution is -2.16. The molecule has 0 bridgehead atoms. The first-order valence-electron chi connectivity index (χ1n) is 7.12. The average molecular weight is 284 g/mol. The van der Waals surface area contributed by atoms with Crippen LogP contribution < -0.4 is 0 Å². The monoisotopic (exact) mass is 284 g/mol. The number of hydrogen-bond donors (Lipinski definition) is 1. The number of carbonyl (C=O) groups is 1. The first-order valence-corrected chi connectivity index (χ1v) is 7.12. The summed E-state index contributed by atoms with van der Waals surface area (Å²) in [6.45, 7) is 3.81. The van der Waals surface area contributed by atoms with Gasteiger partial charge in [-0.1, -0.05) is 26.0 Å². The molecular formula is C16H22F2O2. The van der Waals surface area contributed by atoms with Gasteiger partial charge in [0.05, 0.1) is 0 Å². The Labute approximate surface area is 118 Å². The fourth-order valence-corrected chi connectivity index (χ4v) is 2.25. The summed E-state index contributed by atoms with van der Waals surface area (Å²) >= 11 is 0. The van der Waals surface area contributed by atoms with Gasteiger partial charge in [-0.2, -0.15) is 0 Å². The van der Waals surface area contributed by atoms with E-state index in [0.717, 1.165) is 12.0 Å². The highest BCUT2D eigenvalue weighted by molar-refractivity contribution is 5.66. The lowest BCUT2D eigenvalue weighted by atomic mass is 9.93. The van der Waals surface area contributed by atoms with E-state index in [1.165, 1.54) is 0 Å². The van der Waals surface area contributed by atoms with Crippen LogP contribution in [0.2, 0.25) is 0 Å². The summed E-state index contributed by atoms with van der Waals surface area (Å²) in [5.74, 6) is -3.81. The van der Waals surface area contributed by atoms with E-state index in [0.29, 0.717) is 18.4 Å². The van der Waals surface area contributed by atoms with Crippen LogP contribution in [0.25, 0.3) is 0 Å². The topological polar surface area (TPSA) is 37.3 Å². The molecule has 1 aromatic carbocycles. The van der Waals surface area contributed by atoms with E-state index in [1.807, 2.05) is 19.9 Å². The third-order valence-corrected chi connectivity index (χ3v) is 3.49. The molecule has 0 aliphatic carbocycles. The van der Waals surface area contributed by atoms with Gasteiger partial charge in [-0.15, -0.1) is 0 Å². The molecular weight excluding hydrogens is 262 g/mol. The minimum absolute atomic E-state index is 0.0499. The van der Waals surface area contributed by atoms with Crippen molar-refractivity contribution in [3.05, 3.63) is 34.9 Å². The number of carboxylic acids is 1. The fraction of sp³-hybridized carbons (Fsp3) is 0.562. The molecule has 20 heavy (non-hydrogen) atoms. The van der Waals surface area contributed by atoms with Gasteiger partial charge < -0.3 is 5.11 Å². The quantitative estimate of drug-likeness (QED) is 0.711. The van der Waals surface area contributed by atoms with Crippen molar-refractivity contribution < 1.29 is 18.7 Å². The lowest BCUT2D eigenvalue weighted by molar-refractivity contribution is -0.137. The molecule has 0 unspecified atom stereocenters. The number of hydrogen-bond acceptors (Lipinski definition) is 1. The van der Waals surface area contributed by atoms with E-state index >= 15 is 0 Å². The van der Waals surface area contributed by atoms with Crippen LogP contribution in [0, 0.1) is 0 Å². The maximum absolute atomic E-state index is 14.3. The van der Waals surface area contributed by atoms with Crippen LogP contribution in [0.15, 0.2) is 18.2 Å².